The molecule has 1 aliphatic carbocycles. The second-order valence-electron chi connectivity index (χ2n) is 5.76. The molecule has 0 spiro atoms. The van der Waals surface area contributed by atoms with E-state index >= 15 is 0 Å². The third-order valence-electron chi connectivity index (χ3n) is 3.79. The highest BCUT2D eigenvalue weighted by Crippen LogP contribution is 2.28. The first-order chi connectivity index (χ1) is 11.6. The SMILES string of the molecule is O=C1Cc2cc(OS(=O)(=O)CC(F)(F)F)ccc2Cc2ccccc21. The molecule has 0 fully saturated rings. The highest BCUT2D eigenvalue weighted by Gasteiger charge is 2.36. The molecule has 0 amide bonds. The van der Waals surface area contributed by atoms with Crippen LogP contribution in [0.5, 0.6) is 5.75 Å². The minimum Gasteiger partial charge on any atom is -0.382 e. The molecule has 8 heteroatoms. The van der Waals surface area contributed by atoms with Gasteiger partial charge < -0.3 is 4.18 Å². The Morgan fingerprint density at radius 1 is 0.960 bits per heavy atom. The summed E-state index contributed by atoms with van der Waals surface area (Å²) < 4.78 is 64.3. The summed E-state index contributed by atoms with van der Waals surface area (Å²) in [6.07, 6.45) is -4.38. The van der Waals surface area contributed by atoms with Crippen LogP contribution in [0.15, 0.2) is 42.5 Å². The van der Waals surface area contributed by atoms with Crippen LogP contribution in [0.1, 0.15) is 27.0 Å². The van der Waals surface area contributed by atoms with E-state index in [9.17, 15) is 26.4 Å². The van der Waals surface area contributed by atoms with Crippen LogP contribution in [0, 0.1) is 0 Å². The molecule has 0 saturated heterocycles. The van der Waals surface area contributed by atoms with Crippen molar-refractivity contribution in [3.63, 3.8) is 0 Å². The van der Waals surface area contributed by atoms with E-state index in [1.807, 2.05) is 12.1 Å². The lowest BCUT2D eigenvalue weighted by Crippen LogP contribution is -2.26. The first-order valence-corrected chi connectivity index (χ1v) is 8.92. The summed E-state index contributed by atoms with van der Waals surface area (Å²) in [4.78, 5) is 12.3. The van der Waals surface area contributed by atoms with Gasteiger partial charge in [0.05, 0.1) is 0 Å². The zero-order valence-electron chi connectivity index (χ0n) is 12.8. The van der Waals surface area contributed by atoms with Gasteiger partial charge in [-0.2, -0.15) is 21.6 Å². The van der Waals surface area contributed by atoms with E-state index in [2.05, 4.69) is 4.18 Å². The predicted octanol–water partition coefficient (Wildman–Crippen LogP) is 3.29. The Balaban J connectivity index is 1.89. The molecular weight excluding hydrogens is 357 g/mol. The maximum Gasteiger partial charge on any atom is 0.406 e. The molecule has 3 rings (SSSR count). The molecule has 2 aromatic rings. The van der Waals surface area contributed by atoms with Crippen molar-refractivity contribution in [2.24, 2.45) is 0 Å². The summed E-state index contributed by atoms with van der Waals surface area (Å²) in [6.45, 7) is 0. The maximum atomic E-state index is 12.3. The van der Waals surface area contributed by atoms with E-state index in [1.54, 1.807) is 18.2 Å². The number of alkyl halides is 3. The van der Waals surface area contributed by atoms with E-state index in [0.29, 0.717) is 17.5 Å². The molecule has 0 atom stereocenters. The lowest BCUT2D eigenvalue weighted by atomic mass is 10.0. The fourth-order valence-electron chi connectivity index (χ4n) is 2.79. The molecule has 0 N–H and O–H groups in total. The van der Waals surface area contributed by atoms with Crippen LogP contribution in [0.3, 0.4) is 0 Å². The first-order valence-electron chi connectivity index (χ1n) is 7.35. The fraction of sp³-hybridized carbons (Fsp3) is 0.235. The van der Waals surface area contributed by atoms with E-state index < -0.39 is 22.0 Å². The molecule has 2 aromatic carbocycles. The first kappa shape index (κ1) is 17.5. The van der Waals surface area contributed by atoms with Gasteiger partial charge in [-0.15, -0.1) is 0 Å². The van der Waals surface area contributed by atoms with Crippen LogP contribution in [-0.4, -0.2) is 26.1 Å². The van der Waals surface area contributed by atoms with Gasteiger partial charge in [0.25, 0.3) is 0 Å². The van der Waals surface area contributed by atoms with Gasteiger partial charge in [-0.25, -0.2) is 0 Å². The number of ketones is 1. The van der Waals surface area contributed by atoms with Crippen molar-refractivity contribution >= 4 is 15.9 Å². The molecule has 0 bridgehead atoms. The number of hydrogen-bond donors (Lipinski definition) is 0. The van der Waals surface area contributed by atoms with Crippen LogP contribution in [0.4, 0.5) is 13.2 Å². The lowest BCUT2D eigenvalue weighted by molar-refractivity contribution is -0.107. The Hall–Kier alpha value is -2.35. The standard InChI is InChI=1S/C17H13F3O4S/c18-17(19,20)10-25(22,23)24-14-6-5-11-7-12-3-1-2-4-15(12)16(21)9-13(11)8-14/h1-6,8H,7,9-10H2. The second-order valence-corrected chi connectivity index (χ2v) is 7.34. The van der Waals surface area contributed by atoms with Gasteiger partial charge in [0, 0.05) is 12.0 Å². The van der Waals surface area contributed by atoms with Gasteiger partial charge in [0.15, 0.2) is 11.5 Å². The summed E-state index contributed by atoms with van der Waals surface area (Å²) in [7, 11) is -4.81. The Labute approximate surface area is 142 Å². The number of fused-ring (bicyclic) bond motifs is 2. The number of hydrogen-bond acceptors (Lipinski definition) is 4. The van der Waals surface area contributed by atoms with E-state index in [4.69, 9.17) is 0 Å². The van der Waals surface area contributed by atoms with Crippen molar-refractivity contribution < 1.29 is 30.6 Å². The Kier molecular flexibility index (Phi) is 4.32. The van der Waals surface area contributed by atoms with Gasteiger partial charge in [0.2, 0.25) is 0 Å². The van der Waals surface area contributed by atoms with Crippen molar-refractivity contribution in [2.45, 2.75) is 19.0 Å². The molecule has 0 aromatic heterocycles. The highest BCUT2D eigenvalue weighted by atomic mass is 32.2. The van der Waals surface area contributed by atoms with E-state index in [-0.39, 0.29) is 18.0 Å². The van der Waals surface area contributed by atoms with Crippen LogP contribution >= 0.6 is 0 Å². The lowest BCUT2D eigenvalue weighted by Gasteiger charge is -2.11. The quantitative estimate of drug-likeness (QED) is 0.778. The number of carbonyl (C=O) groups is 1. The zero-order chi connectivity index (χ0) is 18.2. The van der Waals surface area contributed by atoms with Gasteiger partial charge in [0.1, 0.15) is 5.75 Å². The molecule has 0 heterocycles. The minimum absolute atomic E-state index is 0.0306. The number of carbonyl (C=O) groups excluding carboxylic acids is 1. The summed E-state index contributed by atoms with van der Waals surface area (Å²) >= 11 is 0. The second kappa shape index (κ2) is 6.18. The smallest absolute Gasteiger partial charge is 0.382 e. The van der Waals surface area contributed by atoms with Crippen LogP contribution in [-0.2, 0) is 23.0 Å². The van der Waals surface area contributed by atoms with E-state index in [0.717, 1.165) is 11.1 Å². The van der Waals surface area contributed by atoms with E-state index in [1.165, 1.54) is 12.1 Å². The normalized spacial score (nSPS) is 14.4. The zero-order valence-corrected chi connectivity index (χ0v) is 13.7. The van der Waals surface area contributed by atoms with Gasteiger partial charge in [-0.1, -0.05) is 30.3 Å². The Morgan fingerprint density at radius 2 is 1.68 bits per heavy atom. The molecule has 0 aliphatic heterocycles. The molecule has 0 radical (unpaired) electrons. The van der Waals surface area contributed by atoms with Crippen LogP contribution in [0.25, 0.3) is 0 Å². The van der Waals surface area contributed by atoms with Crippen LogP contribution in [0.2, 0.25) is 0 Å². The topological polar surface area (TPSA) is 60.4 Å². The molecule has 1 aliphatic rings. The number of Topliss-reactive ketones (excluding diaryl/α,β-unsaturated/α-hetero) is 1. The Bertz CT molecular complexity index is 933. The third-order valence-corrected chi connectivity index (χ3v) is 4.92. The average molecular weight is 370 g/mol. The summed E-state index contributed by atoms with van der Waals surface area (Å²) in [5, 5.41) is 0. The van der Waals surface area contributed by atoms with Crippen molar-refractivity contribution in [1.82, 2.24) is 0 Å². The average Bonchev–Trinajstić information content (AvgIpc) is 2.60. The predicted molar refractivity (Wildman–Crippen MR) is 84.2 cm³/mol. The van der Waals surface area contributed by atoms with Gasteiger partial charge in [-0.3, -0.25) is 4.79 Å². The molecule has 25 heavy (non-hydrogen) atoms. The number of rotatable bonds is 3. The minimum atomic E-state index is -4.89. The summed E-state index contributed by atoms with van der Waals surface area (Å²) in [5.74, 6) is -2.44. The number of halogens is 3. The van der Waals surface area contributed by atoms with Crippen molar-refractivity contribution in [3.8, 4) is 5.75 Å². The monoisotopic (exact) mass is 370 g/mol. The largest absolute Gasteiger partial charge is 0.406 e. The van der Waals surface area contributed by atoms with Gasteiger partial charge >= 0.3 is 16.3 Å². The van der Waals surface area contributed by atoms with Crippen molar-refractivity contribution in [2.75, 3.05) is 5.75 Å². The molecule has 4 nitrogen and oxygen atoms in total. The Morgan fingerprint density at radius 3 is 2.40 bits per heavy atom. The van der Waals surface area contributed by atoms with Gasteiger partial charge in [-0.05, 0) is 35.2 Å². The molecular formula is C17H13F3O4S. The highest BCUT2D eigenvalue weighted by molar-refractivity contribution is 7.87. The number of benzene rings is 2. The third kappa shape index (κ3) is 4.19. The summed E-state index contributed by atoms with van der Waals surface area (Å²) in [6, 6.07) is 11.3. The molecule has 132 valence electrons. The molecule has 0 saturated carbocycles. The summed E-state index contributed by atoms with van der Waals surface area (Å²) in [5.41, 5.74) is 2.79. The molecule has 0 unspecified atom stereocenters. The van der Waals surface area contributed by atoms with Crippen molar-refractivity contribution in [1.29, 1.82) is 0 Å². The maximum absolute atomic E-state index is 12.3. The van der Waals surface area contributed by atoms with Crippen LogP contribution < -0.4 is 4.18 Å². The van der Waals surface area contributed by atoms with Crippen molar-refractivity contribution in [3.05, 3.63) is 64.7 Å². The fourth-order valence-corrected chi connectivity index (χ4v) is 3.64.